The summed E-state index contributed by atoms with van der Waals surface area (Å²) in [5.74, 6) is -0.985. The zero-order valence-electron chi connectivity index (χ0n) is 18.3. The smallest absolute Gasteiger partial charge is 0.329 e. The first-order valence-corrected chi connectivity index (χ1v) is 10.9. The van der Waals surface area contributed by atoms with Crippen molar-refractivity contribution in [1.29, 1.82) is 0 Å². The van der Waals surface area contributed by atoms with Crippen molar-refractivity contribution in [2.45, 2.75) is 38.6 Å². The van der Waals surface area contributed by atoms with E-state index in [1.54, 1.807) is 11.0 Å². The number of carboxylic acid groups (broad SMARTS) is 1. The molecule has 0 spiro atoms. The van der Waals surface area contributed by atoms with Crippen LogP contribution in [0.25, 0.3) is 11.1 Å². The third-order valence-corrected chi connectivity index (χ3v) is 5.61. The van der Waals surface area contributed by atoms with Crippen molar-refractivity contribution in [1.82, 2.24) is 4.90 Å². The van der Waals surface area contributed by atoms with Gasteiger partial charge in [0.1, 0.15) is 6.61 Å². The molecule has 0 bridgehead atoms. The molecule has 0 aliphatic carbocycles. The summed E-state index contributed by atoms with van der Waals surface area (Å²) in [4.78, 5) is 37.3. The first-order chi connectivity index (χ1) is 15.5. The van der Waals surface area contributed by atoms with Gasteiger partial charge in [0.2, 0.25) is 5.91 Å². The van der Waals surface area contributed by atoms with Crippen molar-refractivity contribution in [3.8, 4) is 11.1 Å². The molecule has 1 aliphatic heterocycles. The molecule has 1 heterocycles. The Morgan fingerprint density at radius 3 is 2.75 bits per heavy atom. The van der Waals surface area contributed by atoms with Crippen LogP contribution in [0.5, 0.6) is 0 Å². The number of nitrogens with zero attached hydrogens (tertiary/aromatic N) is 1. The number of hydrogen-bond acceptors (Lipinski definition) is 4. The monoisotopic (exact) mass is 435 g/mol. The second-order valence-electron chi connectivity index (χ2n) is 7.97. The molecular weight excluding hydrogens is 406 g/mol. The maximum atomic E-state index is 12.8. The van der Waals surface area contributed by atoms with Crippen LogP contribution in [-0.2, 0) is 14.3 Å². The van der Waals surface area contributed by atoms with Crippen LogP contribution in [0.1, 0.15) is 41.6 Å². The van der Waals surface area contributed by atoms with Gasteiger partial charge in [-0.05, 0) is 55.0 Å². The lowest BCUT2D eigenvalue weighted by Crippen LogP contribution is -2.32. The highest BCUT2D eigenvalue weighted by molar-refractivity contribution is 6.05. The van der Waals surface area contributed by atoms with Crippen LogP contribution in [0.15, 0.2) is 60.7 Å². The second-order valence-corrected chi connectivity index (χ2v) is 7.97. The van der Waals surface area contributed by atoms with Crippen molar-refractivity contribution >= 4 is 17.7 Å². The van der Waals surface area contributed by atoms with Crippen molar-refractivity contribution in [3.63, 3.8) is 0 Å². The van der Waals surface area contributed by atoms with E-state index in [0.29, 0.717) is 38.0 Å². The summed E-state index contributed by atoms with van der Waals surface area (Å²) in [5, 5.41) is 8.57. The number of allylic oxidation sites excluding steroid dienone is 1. The summed E-state index contributed by atoms with van der Waals surface area (Å²) in [5.41, 5.74) is 3.88. The number of aliphatic carboxylic acids is 1. The van der Waals surface area contributed by atoms with Gasteiger partial charge in [0.15, 0.2) is 5.78 Å². The van der Waals surface area contributed by atoms with Crippen molar-refractivity contribution in [2.24, 2.45) is 0 Å². The van der Waals surface area contributed by atoms with Gasteiger partial charge in [-0.1, -0.05) is 48.5 Å². The lowest BCUT2D eigenvalue weighted by atomic mass is 9.97. The fourth-order valence-electron chi connectivity index (χ4n) is 3.92. The van der Waals surface area contributed by atoms with Crippen LogP contribution in [0, 0.1) is 6.92 Å². The maximum Gasteiger partial charge on any atom is 0.329 e. The lowest BCUT2D eigenvalue weighted by Gasteiger charge is -2.22. The zero-order chi connectivity index (χ0) is 22.9. The molecule has 1 atom stereocenters. The number of hydrogen-bond donors (Lipinski definition) is 1. The van der Waals surface area contributed by atoms with E-state index in [4.69, 9.17) is 9.84 Å². The molecule has 0 saturated carbocycles. The summed E-state index contributed by atoms with van der Waals surface area (Å²) < 4.78 is 5.03. The van der Waals surface area contributed by atoms with Gasteiger partial charge in [0, 0.05) is 25.1 Å². The van der Waals surface area contributed by atoms with Gasteiger partial charge in [-0.3, -0.25) is 9.59 Å². The molecule has 6 nitrogen and oxygen atoms in total. The normalized spacial score (nSPS) is 16.1. The molecule has 0 aromatic heterocycles. The van der Waals surface area contributed by atoms with Crippen molar-refractivity contribution < 1.29 is 24.2 Å². The molecule has 1 amide bonds. The average molecular weight is 436 g/mol. The molecule has 2 aromatic carbocycles. The average Bonchev–Trinajstić information content (AvgIpc) is 3.14. The van der Waals surface area contributed by atoms with Crippen LogP contribution in [0.4, 0.5) is 0 Å². The Labute approximate surface area is 188 Å². The molecule has 1 aliphatic rings. The molecular formula is C26H29NO5. The van der Waals surface area contributed by atoms with Crippen LogP contribution < -0.4 is 0 Å². The molecule has 32 heavy (non-hydrogen) atoms. The number of carboxylic acids is 1. The number of aryl methyl sites for hydroxylation is 1. The summed E-state index contributed by atoms with van der Waals surface area (Å²) in [6.45, 7) is 2.67. The minimum Gasteiger partial charge on any atom is -0.480 e. The van der Waals surface area contributed by atoms with Gasteiger partial charge in [-0.2, -0.15) is 0 Å². The molecule has 168 valence electrons. The second kappa shape index (κ2) is 11.4. The Balaban J connectivity index is 1.58. The fraction of sp³-hybridized carbons (Fsp3) is 0.346. The number of ketones is 1. The van der Waals surface area contributed by atoms with E-state index in [-0.39, 0.29) is 24.3 Å². The molecule has 1 saturated heterocycles. The van der Waals surface area contributed by atoms with E-state index < -0.39 is 5.97 Å². The number of amides is 1. The van der Waals surface area contributed by atoms with E-state index >= 15 is 0 Å². The number of ether oxygens (including phenoxy) is 1. The molecule has 1 fully saturated rings. The molecule has 2 aromatic rings. The largest absolute Gasteiger partial charge is 0.480 e. The highest BCUT2D eigenvalue weighted by atomic mass is 16.5. The van der Waals surface area contributed by atoms with Gasteiger partial charge in [-0.25, -0.2) is 4.79 Å². The molecule has 6 heteroatoms. The van der Waals surface area contributed by atoms with E-state index in [2.05, 4.69) is 0 Å². The minimum absolute atomic E-state index is 0.0817. The Bertz CT molecular complexity index is 997. The maximum absolute atomic E-state index is 12.8. The first kappa shape index (κ1) is 23.4. The number of carbonyl (C=O) groups is 3. The number of benzene rings is 2. The topological polar surface area (TPSA) is 83.9 Å². The minimum atomic E-state index is -0.987. The van der Waals surface area contributed by atoms with Gasteiger partial charge in [0.05, 0.1) is 6.04 Å². The third-order valence-electron chi connectivity index (χ3n) is 5.61. The lowest BCUT2D eigenvalue weighted by molar-refractivity contribution is -0.142. The fourth-order valence-corrected chi connectivity index (χ4v) is 3.92. The predicted molar refractivity (Wildman–Crippen MR) is 123 cm³/mol. The van der Waals surface area contributed by atoms with E-state index in [0.717, 1.165) is 23.1 Å². The summed E-state index contributed by atoms with van der Waals surface area (Å²) in [6, 6.07) is 15.6. The van der Waals surface area contributed by atoms with Crippen molar-refractivity contribution in [2.75, 3.05) is 19.8 Å². The Kier molecular flexibility index (Phi) is 8.34. The molecule has 0 radical (unpaired) electrons. The number of rotatable bonds is 11. The van der Waals surface area contributed by atoms with Gasteiger partial charge in [0.25, 0.3) is 0 Å². The van der Waals surface area contributed by atoms with Gasteiger partial charge in [-0.15, -0.1) is 0 Å². The van der Waals surface area contributed by atoms with E-state index in [1.165, 1.54) is 0 Å². The Hall–Kier alpha value is -3.25. The summed E-state index contributed by atoms with van der Waals surface area (Å²) >= 11 is 0. The number of carbonyl (C=O) groups excluding carboxylic acids is 2. The standard InChI is InChI=1S/C26H29NO5/c1-19-7-2-3-10-23(19)20-8-6-9-21(17-20)24(28)13-11-22-12-14-25(29)27(22)15-4-5-16-32-18-26(30)31/h2-3,6-11,13,17,22H,4-5,12,14-16,18H2,1H3,(H,30,31)/b13-11+/t22-/m0/s1. The van der Waals surface area contributed by atoms with Crippen LogP contribution in [0.2, 0.25) is 0 Å². The van der Waals surface area contributed by atoms with E-state index in [9.17, 15) is 14.4 Å². The molecule has 1 N–H and O–H groups in total. The Morgan fingerprint density at radius 1 is 1.16 bits per heavy atom. The number of likely N-dealkylation sites (tertiary alicyclic amines) is 1. The van der Waals surface area contributed by atoms with Gasteiger partial charge < -0.3 is 14.7 Å². The van der Waals surface area contributed by atoms with Crippen LogP contribution in [-0.4, -0.2) is 53.5 Å². The summed E-state index contributed by atoms with van der Waals surface area (Å²) in [6.07, 6.45) is 5.97. The first-order valence-electron chi connectivity index (χ1n) is 10.9. The quantitative estimate of drug-likeness (QED) is 0.324. The van der Waals surface area contributed by atoms with Gasteiger partial charge >= 0.3 is 5.97 Å². The van der Waals surface area contributed by atoms with Crippen LogP contribution in [0.3, 0.4) is 0 Å². The Morgan fingerprint density at radius 2 is 1.97 bits per heavy atom. The van der Waals surface area contributed by atoms with Crippen LogP contribution >= 0.6 is 0 Å². The molecule has 0 unspecified atom stereocenters. The highest BCUT2D eigenvalue weighted by Crippen LogP contribution is 2.25. The third kappa shape index (κ3) is 6.37. The predicted octanol–water partition coefficient (Wildman–Crippen LogP) is 4.27. The molecule has 3 rings (SSSR count). The summed E-state index contributed by atoms with van der Waals surface area (Å²) in [7, 11) is 0. The van der Waals surface area contributed by atoms with E-state index in [1.807, 2.05) is 61.5 Å². The van der Waals surface area contributed by atoms with Crippen molar-refractivity contribution in [3.05, 3.63) is 71.8 Å². The highest BCUT2D eigenvalue weighted by Gasteiger charge is 2.28. The zero-order valence-corrected chi connectivity index (χ0v) is 18.3. The SMILES string of the molecule is Cc1ccccc1-c1cccc(C(=O)/C=C/[C@H]2CCC(=O)N2CCCCOCC(=O)O)c1. The number of unbranched alkanes of at least 4 members (excludes halogenated alkanes) is 1.